The van der Waals surface area contributed by atoms with E-state index in [1.54, 1.807) is 13.3 Å². The number of H-pyrrole nitrogens is 1. The molecule has 0 unspecified atom stereocenters. The first-order chi connectivity index (χ1) is 13.5. The van der Waals surface area contributed by atoms with Crippen molar-refractivity contribution in [3.63, 3.8) is 0 Å². The van der Waals surface area contributed by atoms with Crippen LogP contribution >= 0.6 is 11.6 Å². The van der Waals surface area contributed by atoms with Gasteiger partial charge < -0.3 is 14.5 Å². The number of fused-ring (bicyclic) bond motifs is 3. The topological polar surface area (TPSA) is 90.3 Å². The van der Waals surface area contributed by atoms with Crippen LogP contribution in [0.4, 0.5) is 5.69 Å². The van der Waals surface area contributed by atoms with Crippen LogP contribution in [0.2, 0.25) is 5.02 Å². The summed E-state index contributed by atoms with van der Waals surface area (Å²) in [5.41, 5.74) is 3.51. The normalized spacial score (nSPS) is 11.2. The second kappa shape index (κ2) is 7.10. The molecule has 0 fully saturated rings. The first-order valence-electron chi connectivity index (χ1n) is 8.49. The molecule has 28 heavy (non-hydrogen) atoms. The van der Waals surface area contributed by atoms with Crippen LogP contribution in [0.5, 0.6) is 11.5 Å². The lowest BCUT2D eigenvalue weighted by Gasteiger charge is -2.11. The number of nitro benzene ring substituents is 1. The van der Waals surface area contributed by atoms with Crippen LogP contribution in [-0.4, -0.2) is 22.0 Å². The van der Waals surface area contributed by atoms with E-state index in [9.17, 15) is 10.1 Å². The molecule has 0 saturated carbocycles. The van der Waals surface area contributed by atoms with E-state index < -0.39 is 4.92 Å². The third-order valence-corrected chi connectivity index (χ3v) is 4.87. The molecule has 0 saturated heterocycles. The molecule has 0 bridgehead atoms. The number of nitrogens with zero attached hydrogens (tertiary/aromatic N) is 2. The van der Waals surface area contributed by atoms with E-state index in [0.29, 0.717) is 18.1 Å². The van der Waals surface area contributed by atoms with Crippen LogP contribution in [0.3, 0.4) is 0 Å². The second-order valence-electron chi connectivity index (χ2n) is 6.32. The van der Waals surface area contributed by atoms with Crippen LogP contribution < -0.4 is 4.74 Å². The second-order valence-corrected chi connectivity index (χ2v) is 6.73. The number of hydrogen-bond donors (Lipinski definition) is 1. The Balaban J connectivity index is 1.90. The van der Waals surface area contributed by atoms with Gasteiger partial charge in [0, 0.05) is 35.9 Å². The number of ether oxygens (including phenoxy) is 2. The first kappa shape index (κ1) is 18.2. The molecule has 2 aromatic carbocycles. The van der Waals surface area contributed by atoms with Gasteiger partial charge in [-0.2, -0.15) is 0 Å². The maximum absolute atomic E-state index is 10.9. The fourth-order valence-corrected chi connectivity index (χ4v) is 3.49. The largest absolute Gasteiger partial charge is 0.455 e. The van der Waals surface area contributed by atoms with Crippen molar-refractivity contribution in [3.05, 3.63) is 69.0 Å². The highest BCUT2D eigenvalue weighted by Crippen LogP contribution is 2.40. The summed E-state index contributed by atoms with van der Waals surface area (Å²) in [6.45, 7) is 2.35. The molecule has 0 aliphatic heterocycles. The molecule has 4 rings (SSSR count). The minimum absolute atomic E-state index is 0.0910. The molecule has 1 N–H and O–H groups in total. The monoisotopic (exact) mass is 397 g/mol. The minimum atomic E-state index is -0.497. The standard InChI is InChI=1S/C20H16ClN3O4/c1-11-13(10-27-2)19-16(9-22-11)23-15-4-3-5-18(20(15)19)28-17-7-6-12(24(25)26)8-14(17)21/h3-9,23H,10H2,1-2H3. The predicted octanol–water partition coefficient (Wildman–Crippen LogP) is 5.52. The highest BCUT2D eigenvalue weighted by molar-refractivity contribution is 6.32. The predicted molar refractivity (Wildman–Crippen MR) is 107 cm³/mol. The molecule has 0 aliphatic rings. The van der Waals surface area contributed by atoms with Crippen molar-refractivity contribution >= 4 is 39.1 Å². The fraction of sp³-hybridized carbons (Fsp3) is 0.150. The maximum Gasteiger partial charge on any atom is 0.271 e. The third-order valence-electron chi connectivity index (χ3n) is 4.58. The molecule has 0 aliphatic carbocycles. The summed E-state index contributed by atoms with van der Waals surface area (Å²) in [6.07, 6.45) is 1.78. The van der Waals surface area contributed by atoms with E-state index >= 15 is 0 Å². The summed E-state index contributed by atoms with van der Waals surface area (Å²) >= 11 is 6.21. The summed E-state index contributed by atoms with van der Waals surface area (Å²) in [4.78, 5) is 18.2. The van der Waals surface area contributed by atoms with Gasteiger partial charge in [0.1, 0.15) is 11.5 Å². The molecule has 0 spiro atoms. The van der Waals surface area contributed by atoms with Crippen molar-refractivity contribution < 1.29 is 14.4 Å². The Morgan fingerprint density at radius 1 is 1.18 bits per heavy atom. The molecule has 0 atom stereocenters. The Kier molecular flexibility index (Phi) is 4.62. The van der Waals surface area contributed by atoms with Crippen molar-refractivity contribution in [1.82, 2.24) is 9.97 Å². The van der Waals surface area contributed by atoms with Crippen molar-refractivity contribution in [1.29, 1.82) is 0 Å². The quantitative estimate of drug-likeness (QED) is 0.353. The van der Waals surface area contributed by atoms with E-state index in [-0.39, 0.29) is 10.7 Å². The molecule has 2 aromatic heterocycles. The zero-order chi connectivity index (χ0) is 19.8. The van der Waals surface area contributed by atoms with Crippen LogP contribution in [0.25, 0.3) is 21.8 Å². The average Bonchev–Trinajstić information content (AvgIpc) is 3.05. The molecule has 0 radical (unpaired) electrons. The Bertz CT molecular complexity index is 1220. The zero-order valence-electron chi connectivity index (χ0n) is 15.2. The van der Waals surface area contributed by atoms with Gasteiger partial charge in [-0.25, -0.2) is 0 Å². The number of aromatic amines is 1. The number of rotatable bonds is 5. The number of aryl methyl sites for hydroxylation is 1. The number of aromatic nitrogens is 2. The molecule has 8 heteroatoms. The van der Waals surface area contributed by atoms with Gasteiger partial charge in [-0.15, -0.1) is 0 Å². The van der Waals surface area contributed by atoms with Gasteiger partial charge >= 0.3 is 0 Å². The lowest BCUT2D eigenvalue weighted by atomic mass is 10.1. The van der Waals surface area contributed by atoms with Crippen LogP contribution in [-0.2, 0) is 11.3 Å². The van der Waals surface area contributed by atoms with Gasteiger partial charge in [-0.05, 0) is 25.1 Å². The van der Waals surface area contributed by atoms with Gasteiger partial charge in [-0.3, -0.25) is 15.1 Å². The van der Waals surface area contributed by atoms with Crippen molar-refractivity contribution in [3.8, 4) is 11.5 Å². The van der Waals surface area contributed by atoms with Crippen LogP contribution in [0.1, 0.15) is 11.3 Å². The zero-order valence-corrected chi connectivity index (χ0v) is 15.9. The highest BCUT2D eigenvalue weighted by Gasteiger charge is 2.17. The number of non-ortho nitro benzene ring substituents is 1. The molecular weight excluding hydrogens is 382 g/mol. The van der Waals surface area contributed by atoms with Gasteiger partial charge in [0.15, 0.2) is 0 Å². The number of pyridine rings is 1. The SMILES string of the molecule is COCc1c(C)ncc2[nH]c3cccc(Oc4ccc([N+](=O)[O-])cc4Cl)c3c12. The van der Waals surface area contributed by atoms with Crippen LogP contribution in [0, 0.1) is 17.0 Å². The smallest absolute Gasteiger partial charge is 0.271 e. The highest BCUT2D eigenvalue weighted by atomic mass is 35.5. The molecule has 4 aromatic rings. The minimum Gasteiger partial charge on any atom is -0.455 e. The average molecular weight is 398 g/mol. The van der Waals surface area contributed by atoms with E-state index in [1.807, 2.05) is 25.1 Å². The Morgan fingerprint density at radius 2 is 2.00 bits per heavy atom. The summed E-state index contributed by atoms with van der Waals surface area (Å²) < 4.78 is 11.4. The molecular formula is C20H16ClN3O4. The molecule has 7 nitrogen and oxygen atoms in total. The summed E-state index contributed by atoms with van der Waals surface area (Å²) in [7, 11) is 1.64. The van der Waals surface area contributed by atoms with Crippen molar-refractivity contribution in [2.45, 2.75) is 13.5 Å². The molecule has 0 amide bonds. The summed E-state index contributed by atoms with van der Waals surface area (Å²) in [6, 6.07) is 9.78. The van der Waals surface area contributed by atoms with Crippen LogP contribution in [0.15, 0.2) is 42.6 Å². The number of benzene rings is 2. The Labute approximate surface area is 165 Å². The van der Waals surface area contributed by atoms with Crippen molar-refractivity contribution in [2.75, 3.05) is 7.11 Å². The maximum atomic E-state index is 10.9. The van der Waals surface area contributed by atoms with Crippen molar-refractivity contribution in [2.24, 2.45) is 0 Å². The van der Waals surface area contributed by atoms with Gasteiger partial charge in [0.2, 0.25) is 0 Å². The lowest BCUT2D eigenvalue weighted by molar-refractivity contribution is -0.384. The molecule has 142 valence electrons. The third kappa shape index (κ3) is 3.04. The van der Waals surface area contributed by atoms with E-state index in [2.05, 4.69) is 9.97 Å². The van der Waals surface area contributed by atoms with Gasteiger partial charge in [0.25, 0.3) is 5.69 Å². The van der Waals surface area contributed by atoms with E-state index in [4.69, 9.17) is 21.1 Å². The first-order valence-corrected chi connectivity index (χ1v) is 8.87. The number of halogens is 1. The van der Waals surface area contributed by atoms with E-state index in [0.717, 1.165) is 33.1 Å². The molecule has 2 heterocycles. The lowest BCUT2D eigenvalue weighted by Crippen LogP contribution is -1.96. The van der Waals surface area contributed by atoms with Gasteiger partial charge in [-0.1, -0.05) is 17.7 Å². The fourth-order valence-electron chi connectivity index (χ4n) is 3.28. The Morgan fingerprint density at radius 3 is 2.71 bits per heavy atom. The number of hydrogen-bond acceptors (Lipinski definition) is 5. The Hall–Kier alpha value is -3.16. The summed E-state index contributed by atoms with van der Waals surface area (Å²) in [5.74, 6) is 0.927. The number of nitro groups is 1. The van der Waals surface area contributed by atoms with E-state index in [1.165, 1.54) is 18.2 Å². The number of methoxy groups -OCH3 is 1. The number of nitrogens with one attached hydrogen (secondary N) is 1. The van der Waals surface area contributed by atoms with Gasteiger partial charge in [0.05, 0.1) is 39.2 Å². The summed E-state index contributed by atoms with van der Waals surface area (Å²) in [5, 5.41) is 12.9.